The zero-order valence-corrected chi connectivity index (χ0v) is 9.64. The lowest BCUT2D eigenvalue weighted by Crippen LogP contribution is -2.30. The van der Waals surface area contributed by atoms with Crippen molar-refractivity contribution in [1.29, 1.82) is 0 Å². The monoisotopic (exact) mass is 245 g/mol. The number of hydrogen-bond acceptors (Lipinski definition) is 1. The molecule has 0 unspecified atom stereocenters. The van der Waals surface area contributed by atoms with Crippen LogP contribution in [0.1, 0.15) is 31.7 Å². The van der Waals surface area contributed by atoms with Crippen molar-refractivity contribution < 1.29 is 18.0 Å². The zero-order valence-electron chi connectivity index (χ0n) is 9.64. The Morgan fingerprint density at radius 2 is 1.94 bits per heavy atom. The molecule has 0 heterocycles. The van der Waals surface area contributed by atoms with Crippen molar-refractivity contribution >= 4 is 11.6 Å². The summed E-state index contributed by atoms with van der Waals surface area (Å²) in [5.41, 5.74) is 0.941. The maximum Gasteiger partial charge on any atom is 0.471 e. The van der Waals surface area contributed by atoms with Crippen molar-refractivity contribution in [1.82, 2.24) is 0 Å². The number of para-hydroxylation sites is 1. The molecule has 0 aliphatic carbocycles. The molecule has 0 bridgehead atoms. The smallest absolute Gasteiger partial charge is 0.318 e. The molecular weight excluding hydrogens is 231 g/mol. The van der Waals surface area contributed by atoms with Crippen molar-refractivity contribution in [2.45, 2.75) is 32.4 Å². The largest absolute Gasteiger partial charge is 0.471 e. The Hall–Kier alpha value is -1.52. The van der Waals surface area contributed by atoms with E-state index in [0.29, 0.717) is 5.56 Å². The fourth-order valence-electron chi connectivity index (χ4n) is 1.45. The Bertz CT molecular complexity index is 401. The molecule has 0 saturated heterocycles. The maximum absolute atomic E-state index is 12.1. The predicted molar refractivity (Wildman–Crippen MR) is 59.8 cm³/mol. The number of halogens is 3. The van der Waals surface area contributed by atoms with E-state index < -0.39 is 12.1 Å². The van der Waals surface area contributed by atoms with E-state index in [0.717, 1.165) is 6.42 Å². The standard InChI is InChI=1S/C12H14F3NO/c1-3-8(2)9-6-4-5-7-10(9)16-11(17)12(13,14)15/h4-8H,3H2,1-2H3,(H,16,17)/t8-/m0/s1. The van der Waals surface area contributed by atoms with E-state index in [1.165, 1.54) is 6.07 Å². The fraction of sp³-hybridized carbons (Fsp3) is 0.417. The molecule has 94 valence electrons. The van der Waals surface area contributed by atoms with Crippen molar-refractivity contribution in [3.8, 4) is 0 Å². The lowest BCUT2D eigenvalue weighted by atomic mass is 9.97. The molecule has 0 radical (unpaired) electrons. The molecule has 0 aliphatic heterocycles. The van der Waals surface area contributed by atoms with Crippen LogP contribution in [0.2, 0.25) is 0 Å². The second-order valence-electron chi connectivity index (χ2n) is 3.85. The minimum absolute atomic E-state index is 0.0970. The van der Waals surface area contributed by atoms with E-state index in [4.69, 9.17) is 0 Å². The molecule has 0 spiro atoms. The van der Waals surface area contributed by atoms with Gasteiger partial charge in [0.25, 0.3) is 0 Å². The van der Waals surface area contributed by atoms with Crippen LogP contribution in [0.15, 0.2) is 24.3 Å². The van der Waals surface area contributed by atoms with Crippen LogP contribution in [0.3, 0.4) is 0 Å². The van der Waals surface area contributed by atoms with Gasteiger partial charge in [-0.2, -0.15) is 13.2 Å². The highest BCUT2D eigenvalue weighted by molar-refractivity contribution is 5.95. The Morgan fingerprint density at radius 3 is 2.47 bits per heavy atom. The average molecular weight is 245 g/mol. The van der Waals surface area contributed by atoms with Gasteiger partial charge in [0.15, 0.2) is 0 Å². The van der Waals surface area contributed by atoms with Gasteiger partial charge in [-0.3, -0.25) is 4.79 Å². The minimum Gasteiger partial charge on any atom is -0.318 e. The van der Waals surface area contributed by atoms with E-state index in [1.54, 1.807) is 18.2 Å². The summed E-state index contributed by atoms with van der Waals surface area (Å²) in [6, 6.07) is 6.54. The Morgan fingerprint density at radius 1 is 1.35 bits per heavy atom. The normalized spacial score (nSPS) is 13.2. The van der Waals surface area contributed by atoms with Gasteiger partial charge in [-0.15, -0.1) is 0 Å². The summed E-state index contributed by atoms with van der Waals surface area (Å²) in [5, 5.41) is 1.90. The molecule has 1 rings (SSSR count). The lowest BCUT2D eigenvalue weighted by Gasteiger charge is -2.16. The first-order valence-corrected chi connectivity index (χ1v) is 5.33. The topological polar surface area (TPSA) is 29.1 Å². The van der Waals surface area contributed by atoms with Crippen LogP contribution in [0.25, 0.3) is 0 Å². The van der Waals surface area contributed by atoms with Gasteiger partial charge in [0.1, 0.15) is 0 Å². The second-order valence-corrected chi connectivity index (χ2v) is 3.85. The van der Waals surface area contributed by atoms with Crippen LogP contribution in [0, 0.1) is 0 Å². The van der Waals surface area contributed by atoms with Gasteiger partial charge in [0, 0.05) is 5.69 Å². The van der Waals surface area contributed by atoms with Gasteiger partial charge in [0.05, 0.1) is 0 Å². The third-order valence-electron chi connectivity index (χ3n) is 2.61. The van der Waals surface area contributed by atoms with Crippen LogP contribution in [-0.2, 0) is 4.79 Å². The molecule has 0 fully saturated rings. The number of carbonyl (C=O) groups is 1. The van der Waals surface area contributed by atoms with E-state index in [-0.39, 0.29) is 11.6 Å². The number of amides is 1. The molecule has 1 N–H and O–H groups in total. The zero-order chi connectivity index (χ0) is 13.1. The number of benzene rings is 1. The Labute approximate surface area is 97.8 Å². The fourth-order valence-corrected chi connectivity index (χ4v) is 1.45. The summed E-state index contributed by atoms with van der Waals surface area (Å²) in [6.45, 7) is 3.84. The summed E-state index contributed by atoms with van der Waals surface area (Å²) >= 11 is 0. The van der Waals surface area contributed by atoms with Crippen LogP contribution in [0.4, 0.5) is 18.9 Å². The van der Waals surface area contributed by atoms with E-state index in [2.05, 4.69) is 0 Å². The molecule has 0 saturated carbocycles. The average Bonchev–Trinajstić information content (AvgIpc) is 2.27. The number of hydrogen-bond donors (Lipinski definition) is 1. The molecule has 1 atom stereocenters. The third-order valence-corrected chi connectivity index (χ3v) is 2.61. The predicted octanol–water partition coefficient (Wildman–Crippen LogP) is 3.70. The molecule has 0 aromatic heterocycles. The molecule has 5 heteroatoms. The quantitative estimate of drug-likeness (QED) is 0.864. The number of anilines is 1. The maximum atomic E-state index is 12.1. The van der Waals surface area contributed by atoms with Crippen molar-refractivity contribution in [3.05, 3.63) is 29.8 Å². The van der Waals surface area contributed by atoms with Gasteiger partial charge in [-0.1, -0.05) is 32.0 Å². The first kappa shape index (κ1) is 13.5. The van der Waals surface area contributed by atoms with Crippen LogP contribution in [-0.4, -0.2) is 12.1 Å². The highest BCUT2D eigenvalue weighted by atomic mass is 19.4. The van der Waals surface area contributed by atoms with Crippen molar-refractivity contribution in [3.63, 3.8) is 0 Å². The third kappa shape index (κ3) is 3.47. The number of alkyl halides is 3. The molecular formula is C12H14F3NO. The summed E-state index contributed by atoms with van der Waals surface area (Å²) < 4.78 is 36.4. The lowest BCUT2D eigenvalue weighted by molar-refractivity contribution is -0.167. The molecule has 1 aromatic carbocycles. The van der Waals surface area contributed by atoms with Gasteiger partial charge in [-0.05, 0) is 24.0 Å². The van der Waals surface area contributed by atoms with Crippen LogP contribution < -0.4 is 5.32 Å². The SMILES string of the molecule is CC[C@H](C)c1ccccc1NC(=O)C(F)(F)F. The summed E-state index contributed by atoms with van der Waals surface area (Å²) in [6.07, 6.45) is -4.07. The molecule has 17 heavy (non-hydrogen) atoms. The molecule has 1 amide bonds. The van der Waals surface area contributed by atoms with Gasteiger partial charge >= 0.3 is 12.1 Å². The molecule has 2 nitrogen and oxygen atoms in total. The summed E-state index contributed by atoms with van der Waals surface area (Å²) in [7, 11) is 0. The van der Waals surface area contributed by atoms with Crippen LogP contribution >= 0.6 is 0 Å². The van der Waals surface area contributed by atoms with E-state index in [9.17, 15) is 18.0 Å². The van der Waals surface area contributed by atoms with Gasteiger partial charge < -0.3 is 5.32 Å². The van der Waals surface area contributed by atoms with E-state index in [1.807, 2.05) is 19.2 Å². The summed E-state index contributed by atoms with van der Waals surface area (Å²) in [4.78, 5) is 10.9. The van der Waals surface area contributed by atoms with Gasteiger partial charge in [0.2, 0.25) is 0 Å². The highest BCUT2D eigenvalue weighted by Crippen LogP contribution is 2.28. The highest BCUT2D eigenvalue weighted by Gasteiger charge is 2.38. The number of nitrogens with one attached hydrogen (secondary N) is 1. The minimum atomic E-state index is -4.86. The van der Waals surface area contributed by atoms with Gasteiger partial charge in [-0.25, -0.2) is 0 Å². The Kier molecular flexibility index (Phi) is 4.15. The van der Waals surface area contributed by atoms with Crippen molar-refractivity contribution in [2.75, 3.05) is 5.32 Å². The first-order chi connectivity index (χ1) is 7.86. The van der Waals surface area contributed by atoms with E-state index >= 15 is 0 Å². The van der Waals surface area contributed by atoms with Crippen LogP contribution in [0.5, 0.6) is 0 Å². The van der Waals surface area contributed by atoms with Crippen molar-refractivity contribution in [2.24, 2.45) is 0 Å². The summed E-state index contributed by atoms with van der Waals surface area (Å²) in [5.74, 6) is -1.84. The number of rotatable bonds is 3. The second kappa shape index (κ2) is 5.21. The molecule has 0 aliphatic rings. The molecule has 1 aromatic rings. The Balaban J connectivity index is 2.95. The number of carbonyl (C=O) groups excluding carboxylic acids is 1. The first-order valence-electron chi connectivity index (χ1n) is 5.33.